The maximum atomic E-state index is 12.2. The summed E-state index contributed by atoms with van der Waals surface area (Å²) in [6.07, 6.45) is 6.78. The van der Waals surface area contributed by atoms with Gasteiger partial charge in [-0.3, -0.25) is 4.79 Å². The molecule has 0 bridgehead atoms. The van der Waals surface area contributed by atoms with Crippen molar-refractivity contribution in [2.75, 3.05) is 34.4 Å². The van der Waals surface area contributed by atoms with Crippen LogP contribution >= 0.6 is 0 Å². The topological polar surface area (TPSA) is 79.9 Å². The molecule has 0 saturated heterocycles. The van der Waals surface area contributed by atoms with E-state index in [0.29, 0.717) is 43.5 Å². The molecule has 1 aliphatic carbocycles. The zero-order chi connectivity index (χ0) is 20.4. The first-order valence-corrected chi connectivity index (χ1v) is 10.0. The summed E-state index contributed by atoms with van der Waals surface area (Å²) < 4.78 is 10.5. The molecule has 2 N–H and O–H groups in total. The number of carbonyl (C=O) groups excluding carboxylic acids is 2. The predicted octanol–water partition coefficient (Wildman–Crippen LogP) is 2.73. The summed E-state index contributed by atoms with van der Waals surface area (Å²) >= 11 is 0. The summed E-state index contributed by atoms with van der Waals surface area (Å²) in [6.45, 7) is 0.910. The van der Waals surface area contributed by atoms with Gasteiger partial charge in [-0.25, -0.2) is 4.79 Å². The number of likely N-dealkylation sites (N-methyl/N-ethyl adjacent to an activating group) is 1. The number of nitrogens with one attached hydrogen (secondary N) is 2. The highest BCUT2D eigenvalue weighted by molar-refractivity contribution is 5.78. The van der Waals surface area contributed by atoms with Crippen LogP contribution in [0.15, 0.2) is 18.2 Å². The number of nitrogens with zero attached hydrogens (tertiary/aromatic N) is 1. The Balaban J connectivity index is 1.67. The van der Waals surface area contributed by atoms with E-state index in [0.717, 1.165) is 18.4 Å². The van der Waals surface area contributed by atoms with E-state index in [9.17, 15) is 9.59 Å². The van der Waals surface area contributed by atoms with Crippen LogP contribution in [0.25, 0.3) is 0 Å². The molecule has 0 spiro atoms. The fourth-order valence-corrected chi connectivity index (χ4v) is 3.40. The van der Waals surface area contributed by atoms with Crippen molar-refractivity contribution < 1.29 is 19.1 Å². The lowest BCUT2D eigenvalue weighted by Crippen LogP contribution is -2.41. The van der Waals surface area contributed by atoms with E-state index in [1.807, 2.05) is 18.2 Å². The zero-order valence-corrected chi connectivity index (χ0v) is 17.3. The molecule has 1 aliphatic rings. The fraction of sp³-hybridized carbons (Fsp3) is 0.619. The van der Waals surface area contributed by atoms with Crippen molar-refractivity contribution in [2.24, 2.45) is 0 Å². The molecule has 1 aromatic rings. The first kappa shape index (κ1) is 21.9. The van der Waals surface area contributed by atoms with Gasteiger partial charge in [-0.1, -0.05) is 25.3 Å². The molecule has 0 atom stereocenters. The van der Waals surface area contributed by atoms with Crippen molar-refractivity contribution in [3.63, 3.8) is 0 Å². The molecule has 1 aromatic carbocycles. The zero-order valence-electron chi connectivity index (χ0n) is 17.3. The van der Waals surface area contributed by atoms with Gasteiger partial charge in [-0.15, -0.1) is 0 Å². The van der Waals surface area contributed by atoms with Gasteiger partial charge >= 0.3 is 6.03 Å². The number of hydrogen-bond acceptors (Lipinski definition) is 4. The van der Waals surface area contributed by atoms with E-state index in [4.69, 9.17) is 9.47 Å². The minimum atomic E-state index is -0.175. The van der Waals surface area contributed by atoms with Gasteiger partial charge in [0, 0.05) is 32.6 Å². The largest absolute Gasteiger partial charge is 0.493 e. The monoisotopic (exact) mass is 391 g/mol. The summed E-state index contributed by atoms with van der Waals surface area (Å²) in [7, 11) is 4.95. The third-order valence-electron chi connectivity index (χ3n) is 5.13. The lowest BCUT2D eigenvalue weighted by atomic mass is 9.95. The van der Waals surface area contributed by atoms with Crippen molar-refractivity contribution in [3.8, 4) is 11.5 Å². The number of methoxy groups -OCH3 is 2. The van der Waals surface area contributed by atoms with E-state index in [2.05, 4.69) is 10.6 Å². The van der Waals surface area contributed by atoms with Crippen LogP contribution in [-0.4, -0.2) is 57.2 Å². The number of ether oxygens (including phenoxy) is 2. The molecule has 3 amide bonds. The quantitative estimate of drug-likeness (QED) is 0.678. The number of benzene rings is 1. The van der Waals surface area contributed by atoms with Crippen LogP contribution in [0.3, 0.4) is 0 Å². The van der Waals surface area contributed by atoms with Gasteiger partial charge in [0.1, 0.15) is 0 Å². The van der Waals surface area contributed by atoms with E-state index < -0.39 is 0 Å². The Morgan fingerprint density at radius 1 is 1.11 bits per heavy atom. The second-order valence-corrected chi connectivity index (χ2v) is 7.25. The summed E-state index contributed by atoms with van der Waals surface area (Å²) in [6, 6.07) is 5.87. The second kappa shape index (κ2) is 11.4. The highest BCUT2D eigenvalue weighted by atomic mass is 16.5. The number of rotatable bonds is 9. The Bertz CT molecular complexity index is 645. The van der Waals surface area contributed by atoms with Gasteiger partial charge in [0.15, 0.2) is 11.5 Å². The number of carbonyl (C=O) groups is 2. The highest BCUT2D eigenvalue weighted by Crippen LogP contribution is 2.27. The summed E-state index contributed by atoms with van der Waals surface area (Å²) in [5.74, 6) is 1.38. The van der Waals surface area contributed by atoms with Gasteiger partial charge in [-0.05, 0) is 37.0 Å². The van der Waals surface area contributed by atoms with Gasteiger partial charge in [-0.2, -0.15) is 0 Å². The third-order valence-corrected chi connectivity index (χ3v) is 5.13. The first-order chi connectivity index (χ1) is 13.5. The predicted molar refractivity (Wildman–Crippen MR) is 109 cm³/mol. The summed E-state index contributed by atoms with van der Waals surface area (Å²) in [5, 5.41) is 5.87. The highest BCUT2D eigenvalue weighted by Gasteiger charge is 2.16. The van der Waals surface area contributed by atoms with Gasteiger partial charge in [0.25, 0.3) is 0 Å². The average Bonchev–Trinajstić information content (AvgIpc) is 2.72. The molecule has 2 rings (SSSR count). The number of hydrogen-bond donors (Lipinski definition) is 2. The molecule has 156 valence electrons. The fourth-order valence-electron chi connectivity index (χ4n) is 3.40. The summed E-state index contributed by atoms with van der Waals surface area (Å²) in [5.41, 5.74) is 1.06. The van der Waals surface area contributed by atoms with Gasteiger partial charge in [0.05, 0.1) is 14.2 Å². The van der Waals surface area contributed by atoms with Crippen molar-refractivity contribution in [1.29, 1.82) is 0 Å². The van der Waals surface area contributed by atoms with Crippen LogP contribution in [0.4, 0.5) is 4.79 Å². The molecule has 28 heavy (non-hydrogen) atoms. The van der Waals surface area contributed by atoms with Gasteiger partial charge < -0.3 is 25.0 Å². The Morgan fingerprint density at radius 2 is 1.82 bits per heavy atom. The Labute approximate surface area is 167 Å². The normalized spacial score (nSPS) is 14.2. The molecular formula is C21H33N3O4. The Kier molecular flexibility index (Phi) is 8.91. The average molecular weight is 392 g/mol. The standard InChI is InChI=1S/C21H33N3O4/c1-24(14-12-16-9-10-18(27-2)19(15-16)28-3)21(26)22-13-11-20(25)23-17-7-5-4-6-8-17/h9-10,15,17H,4-8,11-14H2,1-3H3,(H,22,26)(H,23,25). The number of amides is 3. The Hall–Kier alpha value is -2.44. The van der Waals surface area contributed by atoms with Crippen LogP contribution in [0.5, 0.6) is 11.5 Å². The lowest BCUT2D eigenvalue weighted by molar-refractivity contribution is -0.121. The smallest absolute Gasteiger partial charge is 0.317 e. The van der Waals surface area contributed by atoms with Crippen LogP contribution in [0.1, 0.15) is 44.1 Å². The van der Waals surface area contributed by atoms with Crippen molar-refractivity contribution in [3.05, 3.63) is 23.8 Å². The minimum Gasteiger partial charge on any atom is -0.493 e. The number of urea groups is 1. The molecule has 0 aliphatic heterocycles. The molecule has 0 aromatic heterocycles. The maximum absolute atomic E-state index is 12.2. The third kappa shape index (κ3) is 6.94. The molecule has 0 radical (unpaired) electrons. The van der Waals surface area contributed by atoms with Crippen LogP contribution < -0.4 is 20.1 Å². The van der Waals surface area contributed by atoms with E-state index in [1.54, 1.807) is 26.2 Å². The molecule has 0 heterocycles. The molecule has 1 fully saturated rings. The molecular weight excluding hydrogens is 358 g/mol. The second-order valence-electron chi connectivity index (χ2n) is 7.25. The van der Waals surface area contributed by atoms with Crippen molar-refractivity contribution in [2.45, 2.75) is 51.0 Å². The van der Waals surface area contributed by atoms with Gasteiger partial charge in [0.2, 0.25) is 5.91 Å². The van der Waals surface area contributed by atoms with Crippen LogP contribution in [0.2, 0.25) is 0 Å². The Morgan fingerprint density at radius 3 is 2.50 bits per heavy atom. The van der Waals surface area contributed by atoms with E-state index >= 15 is 0 Å². The molecule has 0 unspecified atom stereocenters. The SMILES string of the molecule is COc1ccc(CCN(C)C(=O)NCCC(=O)NC2CCCCC2)cc1OC. The van der Waals surface area contributed by atoms with Crippen molar-refractivity contribution in [1.82, 2.24) is 15.5 Å². The van der Waals surface area contributed by atoms with Crippen LogP contribution in [0, 0.1) is 0 Å². The van der Waals surface area contributed by atoms with Crippen LogP contribution in [-0.2, 0) is 11.2 Å². The summed E-state index contributed by atoms with van der Waals surface area (Å²) in [4.78, 5) is 25.8. The van der Waals surface area contributed by atoms with E-state index in [-0.39, 0.29) is 11.9 Å². The maximum Gasteiger partial charge on any atom is 0.317 e. The first-order valence-electron chi connectivity index (χ1n) is 10.0. The molecule has 1 saturated carbocycles. The minimum absolute atomic E-state index is 0.0141. The molecule has 7 heteroatoms. The lowest BCUT2D eigenvalue weighted by Gasteiger charge is -2.23. The van der Waals surface area contributed by atoms with Crippen molar-refractivity contribution >= 4 is 11.9 Å². The van der Waals surface area contributed by atoms with E-state index in [1.165, 1.54) is 19.3 Å². The molecule has 7 nitrogen and oxygen atoms in total.